The fraction of sp³-hybridized carbons (Fsp3) is 0.667. The molecule has 1 unspecified atom stereocenters. The van der Waals surface area contributed by atoms with Gasteiger partial charge in [-0.3, -0.25) is 4.79 Å². The largest absolute Gasteiger partial charge is 0.356 e. The van der Waals surface area contributed by atoms with Crippen molar-refractivity contribution in [2.45, 2.75) is 33.6 Å². The molecular weight excluding hydrogens is 188 g/mol. The van der Waals surface area contributed by atoms with Gasteiger partial charge in [0.15, 0.2) is 5.78 Å². The monoisotopic (exact) mass is 206 g/mol. The molecule has 15 heavy (non-hydrogen) atoms. The SMILES string of the molecule is CCN1CC(C)C(=O)C2=C1N=C(C)CC2. The minimum atomic E-state index is 0.136. The standard InChI is InChI=1S/C12H18N2O/c1-4-14-7-8(2)11(15)10-6-5-9(3)13-12(10)14/h8H,4-7H2,1-3H3. The fourth-order valence-electron chi connectivity index (χ4n) is 2.29. The molecule has 3 nitrogen and oxygen atoms in total. The van der Waals surface area contributed by atoms with Gasteiger partial charge in [-0.1, -0.05) is 6.92 Å². The van der Waals surface area contributed by atoms with E-state index in [9.17, 15) is 4.79 Å². The summed E-state index contributed by atoms with van der Waals surface area (Å²) in [4.78, 5) is 18.7. The first-order valence-corrected chi connectivity index (χ1v) is 5.70. The molecule has 3 heteroatoms. The average molecular weight is 206 g/mol. The minimum Gasteiger partial charge on any atom is -0.356 e. The highest BCUT2D eigenvalue weighted by Crippen LogP contribution is 2.30. The molecule has 82 valence electrons. The van der Waals surface area contributed by atoms with Crippen molar-refractivity contribution in [2.75, 3.05) is 13.1 Å². The summed E-state index contributed by atoms with van der Waals surface area (Å²) < 4.78 is 0. The predicted molar refractivity (Wildman–Crippen MR) is 60.8 cm³/mol. The van der Waals surface area contributed by atoms with Crippen molar-refractivity contribution in [3.8, 4) is 0 Å². The summed E-state index contributed by atoms with van der Waals surface area (Å²) in [5.74, 6) is 1.40. The predicted octanol–water partition coefficient (Wildman–Crippen LogP) is 1.99. The van der Waals surface area contributed by atoms with Crippen LogP contribution in [0.25, 0.3) is 0 Å². The number of hydrogen-bond acceptors (Lipinski definition) is 3. The Bertz CT molecular complexity index is 355. The van der Waals surface area contributed by atoms with E-state index in [0.717, 1.165) is 43.0 Å². The number of carbonyl (C=O) groups is 1. The number of carbonyl (C=O) groups excluding carboxylic acids is 1. The Labute approximate surface area is 90.9 Å². The summed E-state index contributed by atoms with van der Waals surface area (Å²) in [6, 6.07) is 0. The van der Waals surface area contributed by atoms with Crippen molar-refractivity contribution in [3.63, 3.8) is 0 Å². The number of nitrogens with zero attached hydrogens (tertiary/aromatic N) is 2. The van der Waals surface area contributed by atoms with E-state index >= 15 is 0 Å². The van der Waals surface area contributed by atoms with E-state index in [1.807, 2.05) is 13.8 Å². The summed E-state index contributed by atoms with van der Waals surface area (Å²) in [5.41, 5.74) is 2.11. The molecule has 2 aliphatic rings. The topological polar surface area (TPSA) is 32.7 Å². The Balaban J connectivity index is 2.42. The molecule has 0 fully saturated rings. The smallest absolute Gasteiger partial charge is 0.167 e. The maximum absolute atomic E-state index is 12.0. The Morgan fingerprint density at radius 1 is 1.47 bits per heavy atom. The first-order valence-electron chi connectivity index (χ1n) is 5.70. The van der Waals surface area contributed by atoms with Crippen LogP contribution < -0.4 is 0 Å². The van der Waals surface area contributed by atoms with E-state index in [0.29, 0.717) is 5.78 Å². The van der Waals surface area contributed by atoms with Crippen molar-refractivity contribution in [1.29, 1.82) is 0 Å². The van der Waals surface area contributed by atoms with Gasteiger partial charge in [0.25, 0.3) is 0 Å². The van der Waals surface area contributed by atoms with Crippen molar-refractivity contribution < 1.29 is 4.79 Å². The molecule has 0 aliphatic carbocycles. The second kappa shape index (κ2) is 3.80. The highest BCUT2D eigenvalue weighted by molar-refractivity contribution is 6.00. The number of Topliss-reactive ketones (excluding diaryl/α,β-unsaturated/α-hetero) is 1. The number of aliphatic imine (C=N–C) groups is 1. The molecule has 2 aliphatic heterocycles. The van der Waals surface area contributed by atoms with E-state index < -0.39 is 0 Å². The number of ketones is 1. The number of allylic oxidation sites excluding steroid dienone is 1. The van der Waals surface area contributed by atoms with Crippen LogP contribution in [0.15, 0.2) is 16.4 Å². The molecule has 0 aromatic heterocycles. The van der Waals surface area contributed by atoms with Gasteiger partial charge in [0.2, 0.25) is 0 Å². The Morgan fingerprint density at radius 2 is 2.20 bits per heavy atom. The summed E-state index contributed by atoms with van der Waals surface area (Å²) in [6.07, 6.45) is 1.82. The van der Waals surface area contributed by atoms with Gasteiger partial charge < -0.3 is 4.90 Å². The van der Waals surface area contributed by atoms with Crippen molar-refractivity contribution >= 4 is 11.5 Å². The van der Waals surface area contributed by atoms with Crippen molar-refractivity contribution in [1.82, 2.24) is 4.90 Å². The lowest BCUT2D eigenvalue weighted by atomic mass is 9.89. The molecule has 0 saturated heterocycles. The first-order chi connectivity index (χ1) is 7.13. The lowest BCUT2D eigenvalue weighted by Gasteiger charge is -2.35. The lowest BCUT2D eigenvalue weighted by Crippen LogP contribution is -2.39. The molecule has 0 saturated carbocycles. The molecule has 0 amide bonds. The van der Waals surface area contributed by atoms with Crippen molar-refractivity contribution in [3.05, 3.63) is 11.4 Å². The highest BCUT2D eigenvalue weighted by Gasteiger charge is 2.32. The average Bonchev–Trinajstić information content (AvgIpc) is 2.23. The number of rotatable bonds is 1. The van der Waals surface area contributed by atoms with Crippen LogP contribution in [0.4, 0.5) is 0 Å². The van der Waals surface area contributed by atoms with E-state index in [1.54, 1.807) is 0 Å². The Kier molecular flexibility index (Phi) is 2.63. The fourth-order valence-corrected chi connectivity index (χ4v) is 2.29. The summed E-state index contributed by atoms with van der Waals surface area (Å²) in [7, 11) is 0. The molecular formula is C12H18N2O. The van der Waals surface area contributed by atoms with Gasteiger partial charge in [-0.2, -0.15) is 0 Å². The van der Waals surface area contributed by atoms with E-state index in [1.165, 1.54) is 0 Å². The van der Waals surface area contributed by atoms with E-state index in [4.69, 9.17) is 0 Å². The van der Waals surface area contributed by atoms with Gasteiger partial charge in [0, 0.05) is 30.3 Å². The van der Waals surface area contributed by atoms with Crippen LogP contribution in [0.1, 0.15) is 33.6 Å². The summed E-state index contributed by atoms with van der Waals surface area (Å²) in [5, 5.41) is 0. The molecule has 0 aromatic rings. The van der Waals surface area contributed by atoms with Crippen LogP contribution in [0.5, 0.6) is 0 Å². The van der Waals surface area contributed by atoms with Crippen LogP contribution in [0.3, 0.4) is 0 Å². The third-order valence-electron chi connectivity index (χ3n) is 3.22. The van der Waals surface area contributed by atoms with Crippen LogP contribution in [0.2, 0.25) is 0 Å². The van der Waals surface area contributed by atoms with Gasteiger partial charge in [0.05, 0.1) is 0 Å². The van der Waals surface area contributed by atoms with Crippen LogP contribution in [-0.4, -0.2) is 29.5 Å². The number of hydrogen-bond donors (Lipinski definition) is 0. The second-order valence-electron chi connectivity index (χ2n) is 4.45. The Hall–Kier alpha value is -1.12. The zero-order valence-corrected chi connectivity index (χ0v) is 9.71. The first kappa shape index (κ1) is 10.4. The highest BCUT2D eigenvalue weighted by atomic mass is 16.1. The van der Waals surface area contributed by atoms with Crippen LogP contribution in [0, 0.1) is 5.92 Å². The molecule has 1 atom stereocenters. The molecule has 0 radical (unpaired) electrons. The van der Waals surface area contributed by atoms with Gasteiger partial charge >= 0.3 is 0 Å². The molecule has 0 spiro atoms. The van der Waals surface area contributed by atoms with E-state index in [2.05, 4.69) is 16.8 Å². The van der Waals surface area contributed by atoms with Gasteiger partial charge in [-0.25, -0.2) is 4.99 Å². The van der Waals surface area contributed by atoms with Gasteiger partial charge in [0.1, 0.15) is 5.82 Å². The zero-order valence-electron chi connectivity index (χ0n) is 9.71. The third-order valence-corrected chi connectivity index (χ3v) is 3.22. The Morgan fingerprint density at radius 3 is 2.87 bits per heavy atom. The normalized spacial score (nSPS) is 26.6. The third kappa shape index (κ3) is 1.71. The quantitative estimate of drug-likeness (QED) is 0.657. The van der Waals surface area contributed by atoms with Gasteiger partial charge in [-0.15, -0.1) is 0 Å². The van der Waals surface area contributed by atoms with E-state index in [-0.39, 0.29) is 5.92 Å². The van der Waals surface area contributed by atoms with Crippen LogP contribution >= 0.6 is 0 Å². The molecule has 0 bridgehead atoms. The molecule has 0 N–H and O–H groups in total. The van der Waals surface area contributed by atoms with Crippen molar-refractivity contribution in [2.24, 2.45) is 10.9 Å². The summed E-state index contributed by atoms with van der Waals surface area (Å²) in [6.45, 7) is 7.94. The lowest BCUT2D eigenvalue weighted by molar-refractivity contribution is -0.120. The maximum Gasteiger partial charge on any atom is 0.167 e. The summed E-state index contributed by atoms with van der Waals surface area (Å²) >= 11 is 0. The van der Waals surface area contributed by atoms with Crippen LogP contribution in [-0.2, 0) is 4.79 Å². The molecule has 2 rings (SSSR count). The van der Waals surface area contributed by atoms with Gasteiger partial charge in [-0.05, 0) is 26.7 Å². The maximum atomic E-state index is 12.0. The second-order valence-corrected chi connectivity index (χ2v) is 4.45. The minimum absolute atomic E-state index is 0.136. The zero-order chi connectivity index (χ0) is 11.0. The molecule has 0 aromatic carbocycles. The molecule has 2 heterocycles.